The van der Waals surface area contributed by atoms with E-state index >= 15 is 0 Å². The molecule has 11 nitrogen and oxygen atoms in total. The largest absolute Gasteiger partial charge is 0.493 e. The number of hydrogen-bond donors (Lipinski definition) is 1. The second kappa shape index (κ2) is 14.1. The molecule has 0 radical (unpaired) electrons. The number of fused-ring (bicyclic) bond motifs is 1. The van der Waals surface area contributed by atoms with Gasteiger partial charge in [-0.05, 0) is 30.0 Å². The Labute approximate surface area is 255 Å². The van der Waals surface area contributed by atoms with Gasteiger partial charge < -0.3 is 24.1 Å². The first-order chi connectivity index (χ1) is 20.4. The minimum absolute atomic E-state index is 0.00291. The lowest BCUT2D eigenvalue weighted by atomic mass is 9.83. The highest BCUT2D eigenvalue weighted by molar-refractivity contribution is 5.96. The van der Waals surface area contributed by atoms with E-state index in [9.17, 15) is 24.3 Å². The van der Waals surface area contributed by atoms with Crippen LogP contribution in [0.5, 0.6) is 5.75 Å². The van der Waals surface area contributed by atoms with Gasteiger partial charge >= 0.3 is 12.0 Å². The molecule has 0 spiro atoms. The molecular weight excluding hydrogens is 550 g/mol. The molecule has 3 aliphatic rings. The molecule has 3 aliphatic heterocycles. The molecule has 1 aromatic rings. The Kier molecular flexibility index (Phi) is 10.7. The van der Waals surface area contributed by atoms with Crippen molar-refractivity contribution in [3.63, 3.8) is 0 Å². The first-order valence-corrected chi connectivity index (χ1v) is 15.8. The Morgan fingerprint density at radius 1 is 1.12 bits per heavy atom. The van der Waals surface area contributed by atoms with Crippen molar-refractivity contribution >= 4 is 23.8 Å². The predicted molar refractivity (Wildman–Crippen MR) is 163 cm³/mol. The summed E-state index contributed by atoms with van der Waals surface area (Å²) in [5.74, 6) is -1.46. The van der Waals surface area contributed by atoms with Crippen molar-refractivity contribution in [1.82, 2.24) is 19.6 Å². The van der Waals surface area contributed by atoms with Gasteiger partial charge in [-0.2, -0.15) is 0 Å². The number of carboxylic acid groups (broad SMARTS) is 1. The van der Waals surface area contributed by atoms with Crippen LogP contribution in [0.3, 0.4) is 0 Å². The Morgan fingerprint density at radius 3 is 2.56 bits per heavy atom. The Morgan fingerprint density at radius 2 is 1.86 bits per heavy atom. The summed E-state index contributed by atoms with van der Waals surface area (Å²) in [7, 11) is 8.08. The van der Waals surface area contributed by atoms with E-state index in [1.807, 2.05) is 21.9 Å². The van der Waals surface area contributed by atoms with E-state index in [-0.39, 0.29) is 49.7 Å². The lowest BCUT2D eigenvalue weighted by Gasteiger charge is -2.34. The van der Waals surface area contributed by atoms with Crippen LogP contribution in [0.2, 0.25) is 0 Å². The van der Waals surface area contributed by atoms with Gasteiger partial charge in [0.25, 0.3) is 0 Å². The van der Waals surface area contributed by atoms with Gasteiger partial charge in [-0.3, -0.25) is 24.2 Å². The fourth-order valence-electron chi connectivity index (χ4n) is 6.64. The van der Waals surface area contributed by atoms with Crippen LogP contribution in [-0.4, -0.2) is 140 Å². The smallest absolute Gasteiger partial charge is 0.326 e. The third-order valence-electron chi connectivity index (χ3n) is 9.07. The molecular formula is C32H50N5O6+. The molecule has 1 N–H and O–H groups in total. The summed E-state index contributed by atoms with van der Waals surface area (Å²) in [6, 6.07) is 5.04. The fraction of sp³-hybridized carbons (Fsp3) is 0.688. The maximum atomic E-state index is 13.8. The first kappa shape index (κ1) is 32.7. The zero-order valence-corrected chi connectivity index (χ0v) is 26.6. The monoisotopic (exact) mass is 600 g/mol. The van der Waals surface area contributed by atoms with Crippen LogP contribution in [-0.2, 0) is 20.8 Å². The van der Waals surface area contributed by atoms with Gasteiger partial charge in [0.1, 0.15) is 5.75 Å². The van der Waals surface area contributed by atoms with Crippen LogP contribution < -0.4 is 4.74 Å². The van der Waals surface area contributed by atoms with Gasteiger partial charge in [0.15, 0.2) is 0 Å². The van der Waals surface area contributed by atoms with Gasteiger partial charge in [0, 0.05) is 71.0 Å². The predicted octanol–water partition coefficient (Wildman–Crippen LogP) is 2.49. The van der Waals surface area contributed by atoms with E-state index in [0.717, 1.165) is 53.6 Å². The van der Waals surface area contributed by atoms with Gasteiger partial charge in [-0.1, -0.05) is 25.5 Å². The number of aliphatic carboxylic acids is 1. The molecule has 238 valence electrons. The van der Waals surface area contributed by atoms with E-state index in [2.05, 4.69) is 34.1 Å². The van der Waals surface area contributed by atoms with E-state index in [1.54, 1.807) is 7.05 Å². The third-order valence-corrected chi connectivity index (χ3v) is 9.07. The highest BCUT2D eigenvalue weighted by Crippen LogP contribution is 2.41. The summed E-state index contributed by atoms with van der Waals surface area (Å²) in [5.41, 5.74) is 2.00. The van der Waals surface area contributed by atoms with Gasteiger partial charge in [-0.15, -0.1) is 0 Å². The van der Waals surface area contributed by atoms with Crippen LogP contribution in [0, 0.1) is 5.92 Å². The number of rotatable bonds is 14. The molecule has 3 heterocycles. The number of quaternary nitrogens is 1. The average Bonchev–Trinajstić information content (AvgIpc) is 3.56. The van der Waals surface area contributed by atoms with Crippen molar-refractivity contribution in [1.29, 1.82) is 0 Å². The molecule has 43 heavy (non-hydrogen) atoms. The Hall–Kier alpha value is -3.18. The number of imide groups is 1. The van der Waals surface area contributed by atoms with Crippen LogP contribution in [0.15, 0.2) is 18.2 Å². The molecule has 2 saturated heterocycles. The number of hydrogen-bond acceptors (Lipinski definition) is 6. The number of likely N-dealkylation sites (tertiary alicyclic amines) is 1. The fourth-order valence-corrected chi connectivity index (χ4v) is 6.64. The zero-order valence-electron chi connectivity index (χ0n) is 26.6. The summed E-state index contributed by atoms with van der Waals surface area (Å²) in [4.78, 5) is 58.9. The molecule has 4 amide bonds. The van der Waals surface area contributed by atoms with Crippen LogP contribution in [0.4, 0.5) is 4.79 Å². The number of carboxylic acids is 1. The lowest BCUT2D eigenvalue weighted by Crippen LogP contribution is -2.52. The number of nitrogens with zero attached hydrogens (tertiary/aromatic N) is 5. The molecule has 3 atom stereocenters. The summed E-state index contributed by atoms with van der Waals surface area (Å²) >= 11 is 0. The minimum atomic E-state index is -0.930. The van der Waals surface area contributed by atoms with Crippen molar-refractivity contribution in [3.05, 3.63) is 29.3 Å². The molecule has 0 saturated carbocycles. The molecule has 11 heteroatoms. The standard InChI is InChI=1S/C32H49N5O6/c1-6-7-14-34(15-8-18-37(3,4)5)29(39)22-35-21-25(23-9-10-27-24(20-23)13-19-43-27)30(31(40)41)26(35)11-17-36-28(38)12-16-33(2)32(36)42/h9-10,20,25-26,30H,6-8,11-19,21-22H2,1-5H3/p+1. The molecule has 0 aliphatic carbocycles. The number of unbranched alkanes of at least 4 members (excludes halogenated alkanes) is 1. The normalized spacial score (nSPS) is 22.6. The van der Waals surface area contributed by atoms with E-state index in [0.29, 0.717) is 32.8 Å². The molecule has 4 rings (SSSR count). The van der Waals surface area contributed by atoms with Crippen LogP contribution >= 0.6 is 0 Å². The number of urea groups is 1. The van der Waals surface area contributed by atoms with Crippen molar-refractivity contribution < 1.29 is 33.5 Å². The van der Waals surface area contributed by atoms with Gasteiger partial charge in [-0.25, -0.2) is 4.79 Å². The van der Waals surface area contributed by atoms with Gasteiger partial charge in [0.05, 0.1) is 46.8 Å². The Balaban J connectivity index is 1.58. The summed E-state index contributed by atoms with van der Waals surface area (Å²) in [5, 5.41) is 10.6. The lowest BCUT2D eigenvalue weighted by molar-refractivity contribution is -0.870. The maximum absolute atomic E-state index is 13.8. The zero-order chi connectivity index (χ0) is 31.3. The summed E-state index contributed by atoms with van der Waals surface area (Å²) in [6.45, 7) is 6.01. The van der Waals surface area contributed by atoms with Crippen LogP contribution in [0.25, 0.3) is 0 Å². The highest BCUT2D eigenvalue weighted by atomic mass is 16.5. The maximum Gasteiger partial charge on any atom is 0.326 e. The number of carbonyl (C=O) groups is 4. The Bertz CT molecular complexity index is 1180. The number of amides is 4. The number of benzene rings is 1. The van der Waals surface area contributed by atoms with Crippen molar-refractivity contribution in [2.45, 2.75) is 57.4 Å². The molecule has 0 aromatic heterocycles. The first-order valence-electron chi connectivity index (χ1n) is 15.8. The van der Waals surface area contributed by atoms with Crippen molar-refractivity contribution in [2.75, 3.05) is 80.6 Å². The van der Waals surface area contributed by atoms with E-state index < -0.39 is 17.9 Å². The average molecular weight is 601 g/mol. The third kappa shape index (κ3) is 8.06. The van der Waals surface area contributed by atoms with E-state index in [4.69, 9.17) is 4.74 Å². The molecule has 1 aromatic carbocycles. The van der Waals surface area contributed by atoms with Crippen molar-refractivity contribution in [3.8, 4) is 5.75 Å². The quantitative estimate of drug-likeness (QED) is 0.327. The highest BCUT2D eigenvalue weighted by Gasteiger charge is 2.48. The van der Waals surface area contributed by atoms with E-state index in [1.165, 1.54) is 9.80 Å². The van der Waals surface area contributed by atoms with Crippen LogP contribution in [0.1, 0.15) is 56.1 Å². The number of carbonyl (C=O) groups excluding carboxylic acids is 3. The van der Waals surface area contributed by atoms with Gasteiger partial charge in [0.2, 0.25) is 11.8 Å². The second-order valence-corrected chi connectivity index (χ2v) is 13.3. The van der Waals surface area contributed by atoms with Crippen molar-refractivity contribution in [2.24, 2.45) is 5.92 Å². The summed E-state index contributed by atoms with van der Waals surface area (Å²) in [6.07, 6.45) is 4.08. The SMILES string of the molecule is CCCCN(CCC[N+](C)(C)C)C(=O)CN1CC(c2ccc3c(c2)CCO3)C(C(=O)O)C1CCN1C(=O)CCN(C)C1=O. The second-order valence-electron chi connectivity index (χ2n) is 13.3. The minimum Gasteiger partial charge on any atom is -0.493 e. The number of ether oxygens (including phenoxy) is 1. The molecule has 2 fully saturated rings. The molecule has 3 unspecified atom stereocenters. The molecule has 0 bridgehead atoms. The summed E-state index contributed by atoms with van der Waals surface area (Å²) < 4.78 is 6.50. The topological polar surface area (TPSA) is 111 Å².